The number of aliphatic imine (C=N–C) groups is 1. The molecule has 9 heteroatoms. The number of aromatic nitrogens is 3. The van der Waals surface area contributed by atoms with Crippen LogP contribution in [0, 0.1) is 0 Å². The van der Waals surface area contributed by atoms with Gasteiger partial charge >= 0.3 is 0 Å². The number of carbonyl (C=O) groups excluding carboxylic acids is 1. The maximum atomic E-state index is 12.3. The van der Waals surface area contributed by atoms with Gasteiger partial charge in [0.25, 0.3) is 5.91 Å². The summed E-state index contributed by atoms with van der Waals surface area (Å²) in [6.45, 7) is 5.08. The molecule has 30 heavy (non-hydrogen) atoms. The van der Waals surface area contributed by atoms with E-state index in [0.717, 1.165) is 23.5 Å². The first kappa shape index (κ1) is 23.6. The lowest BCUT2D eigenvalue weighted by Gasteiger charge is -2.13. The van der Waals surface area contributed by atoms with Crippen LogP contribution < -0.4 is 16.0 Å². The third-order valence-corrected chi connectivity index (χ3v) is 4.66. The molecule has 2 aromatic heterocycles. The van der Waals surface area contributed by atoms with Gasteiger partial charge in [0.1, 0.15) is 0 Å². The zero-order chi connectivity index (χ0) is 20.6. The largest absolute Gasteiger partial charge is 0.352 e. The average Bonchev–Trinajstić information content (AvgIpc) is 3.17. The van der Waals surface area contributed by atoms with E-state index in [4.69, 9.17) is 0 Å². The molecular weight excluding hydrogens is 493 g/mol. The lowest BCUT2D eigenvalue weighted by atomic mass is 10.1. The third kappa shape index (κ3) is 6.15. The highest BCUT2D eigenvalue weighted by Crippen LogP contribution is 2.06. The Balaban J connectivity index is 0.00000320. The van der Waals surface area contributed by atoms with Crippen LogP contribution >= 0.6 is 24.0 Å². The lowest BCUT2D eigenvalue weighted by molar-refractivity contribution is 0.0939. The van der Waals surface area contributed by atoms with Crippen molar-refractivity contribution < 1.29 is 4.79 Å². The standard InChI is InChI=1S/C21H27N7O.HI/c1-4-15(2)25-20(29)17-9-7-8-16(12-17)13-23-21(22-3)24-14-19-27-26-18-10-5-6-11-28(18)19;/h5-12,15H,4,13-14H2,1-3H3,(H,25,29)(H2,22,23,24);1H. The molecule has 1 unspecified atom stereocenters. The van der Waals surface area contributed by atoms with Crippen molar-refractivity contribution in [1.82, 2.24) is 30.5 Å². The second-order valence-electron chi connectivity index (χ2n) is 6.81. The minimum Gasteiger partial charge on any atom is -0.352 e. The van der Waals surface area contributed by atoms with E-state index in [2.05, 4.69) is 31.1 Å². The SMILES string of the molecule is CCC(C)NC(=O)c1cccc(CNC(=NC)NCc2nnc3ccccn23)c1.I. The highest BCUT2D eigenvalue weighted by atomic mass is 127. The number of halogens is 1. The summed E-state index contributed by atoms with van der Waals surface area (Å²) in [6.07, 6.45) is 2.83. The molecule has 3 N–H and O–H groups in total. The highest BCUT2D eigenvalue weighted by molar-refractivity contribution is 14.0. The van der Waals surface area contributed by atoms with Crippen molar-refractivity contribution in [2.45, 2.75) is 39.4 Å². The maximum Gasteiger partial charge on any atom is 0.251 e. The first-order valence-electron chi connectivity index (χ1n) is 9.73. The molecule has 160 valence electrons. The quantitative estimate of drug-likeness (QED) is 0.253. The van der Waals surface area contributed by atoms with Gasteiger partial charge in [-0.05, 0) is 43.2 Å². The smallest absolute Gasteiger partial charge is 0.251 e. The Hall–Kier alpha value is -2.69. The Labute approximate surface area is 193 Å². The normalized spacial score (nSPS) is 12.2. The van der Waals surface area contributed by atoms with E-state index in [1.165, 1.54) is 0 Å². The van der Waals surface area contributed by atoms with Crippen molar-refractivity contribution in [3.8, 4) is 0 Å². The Bertz CT molecular complexity index is 1000. The number of amides is 1. The number of carbonyl (C=O) groups is 1. The van der Waals surface area contributed by atoms with Crippen molar-refractivity contribution in [2.75, 3.05) is 7.05 Å². The average molecular weight is 521 g/mol. The summed E-state index contributed by atoms with van der Waals surface area (Å²) in [5.74, 6) is 1.39. The molecule has 0 aliphatic carbocycles. The second-order valence-corrected chi connectivity index (χ2v) is 6.81. The molecule has 0 spiro atoms. The first-order chi connectivity index (χ1) is 14.1. The van der Waals surface area contributed by atoms with Crippen molar-refractivity contribution in [2.24, 2.45) is 4.99 Å². The van der Waals surface area contributed by atoms with E-state index < -0.39 is 0 Å². The number of pyridine rings is 1. The number of hydrogen-bond acceptors (Lipinski definition) is 4. The van der Waals surface area contributed by atoms with Crippen LogP contribution in [0.1, 0.15) is 42.0 Å². The molecule has 0 fully saturated rings. The van der Waals surface area contributed by atoms with Crippen LogP contribution in [-0.4, -0.2) is 39.6 Å². The van der Waals surface area contributed by atoms with Gasteiger partial charge in [-0.15, -0.1) is 34.2 Å². The van der Waals surface area contributed by atoms with Crippen LogP contribution in [0.3, 0.4) is 0 Å². The monoisotopic (exact) mass is 521 g/mol. The van der Waals surface area contributed by atoms with E-state index in [-0.39, 0.29) is 35.9 Å². The number of nitrogens with zero attached hydrogens (tertiary/aromatic N) is 4. The Morgan fingerprint density at radius 3 is 2.70 bits per heavy atom. The minimum atomic E-state index is -0.0533. The summed E-state index contributed by atoms with van der Waals surface area (Å²) < 4.78 is 1.93. The molecule has 0 saturated carbocycles. The molecular formula is C21H28IN7O. The summed E-state index contributed by atoms with van der Waals surface area (Å²) in [5, 5.41) is 17.8. The summed E-state index contributed by atoms with van der Waals surface area (Å²) in [5.41, 5.74) is 2.46. The predicted octanol–water partition coefficient (Wildman–Crippen LogP) is 2.74. The first-order valence-corrected chi connectivity index (χ1v) is 9.73. The molecule has 1 atom stereocenters. The Kier molecular flexibility index (Phi) is 9.03. The number of hydrogen-bond donors (Lipinski definition) is 3. The lowest BCUT2D eigenvalue weighted by Crippen LogP contribution is -2.37. The molecule has 0 saturated heterocycles. The zero-order valence-corrected chi connectivity index (χ0v) is 19.8. The van der Waals surface area contributed by atoms with Crippen LogP contribution in [-0.2, 0) is 13.1 Å². The van der Waals surface area contributed by atoms with E-state index in [1.54, 1.807) is 7.05 Å². The predicted molar refractivity (Wildman–Crippen MR) is 129 cm³/mol. The molecule has 3 rings (SSSR count). The fourth-order valence-electron chi connectivity index (χ4n) is 2.81. The van der Waals surface area contributed by atoms with E-state index >= 15 is 0 Å². The van der Waals surface area contributed by atoms with Crippen molar-refractivity contribution >= 4 is 41.5 Å². The fraction of sp³-hybridized carbons (Fsp3) is 0.333. The van der Waals surface area contributed by atoms with E-state index in [9.17, 15) is 4.79 Å². The van der Waals surface area contributed by atoms with Gasteiger partial charge in [0, 0.05) is 31.4 Å². The van der Waals surface area contributed by atoms with Crippen molar-refractivity contribution in [3.05, 3.63) is 65.6 Å². The van der Waals surface area contributed by atoms with E-state index in [1.807, 2.05) is 66.9 Å². The topological polar surface area (TPSA) is 95.7 Å². The molecule has 8 nitrogen and oxygen atoms in total. The van der Waals surface area contributed by atoms with Gasteiger partial charge in [-0.2, -0.15) is 0 Å². The Morgan fingerprint density at radius 1 is 1.13 bits per heavy atom. The maximum absolute atomic E-state index is 12.3. The molecule has 1 aromatic carbocycles. The van der Waals surface area contributed by atoms with Gasteiger partial charge in [-0.25, -0.2) is 0 Å². The third-order valence-electron chi connectivity index (χ3n) is 4.66. The molecule has 0 radical (unpaired) electrons. The highest BCUT2D eigenvalue weighted by Gasteiger charge is 2.09. The zero-order valence-electron chi connectivity index (χ0n) is 17.4. The summed E-state index contributed by atoms with van der Waals surface area (Å²) in [6, 6.07) is 13.5. The van der Waals surface area contributed by atoms with Crippen LogP contribution in [0.4, 0.5) is 0 Å². The van der Waals surface area contributed by atoms with Crippen LogP contribution in [0.15, 0.2) is 53.7 Å². The summed E-state index contributed by atoms with van der Waals surface area (Å²) >= 11 is 0. The minimum absolute atomic E-state index is 0. The molecule has 0 aliphatic rings. The number of guanidine groups is 1. The molecule has 0 aliphatic heterocycles. The number of benzene rings is 1. The summed E-state index contributed by atoms with van der Waals surface area (Å²) in [7, 11) is 1.72. The van der Waals surface area contributed by atoms with Gasteiger partial charge in [-0.1, -0.05) is 25.1 Å². The van der Waals surface area contributed by atoms with Crippen molar-refractivity contribution in [3.63, 3.8) is 0 Å². The molecule has 1 amide bonds. The van der Waals surface area contributed by atoms with Crippen molar-refractivity contribution in [1.29, 1.82) is 0 Å². The van der Waals surface area contributed by atoms with Gasteiger partial charge in [0.05, 0.1) is 6.54 Å². The van der Waals surface area contributed by atoms with Gasteiger partial charge < -0.3 is 16.0 Å². The van der Waals surface area contributed by atoms with E-state index in [0.29, 0.717) is 24.6 Å². The number of rotatable bonds is 7. The van der Waals surface area contributed by atoms with Gasteiger partial charge in [0.15, 0.2) is 17.4 Å². The van der Waals surface area contributed by atoms with Gasteiger partial charge in [0.2, 0.25) is 0 Å². The van der Waals surface area contributed by atoms with Crippen LogP contribution in [0.25, 0.3) is 5.65 Å². The fourth-order valence-corrected chi connectivity index (χ4v) is 2.81. The van der Waals surface area contributed by atoms with Crippen LogP contribution in [0.5, 0.6) is 0 Å². The van der Waals surface area contributed by atoms with Gasteiger partial charge in [-0.3, -0.25) is 14.2 Å². The molecule has 3 aromatic rings. The van der Waals surface area contributed by atoms with Crippen LogP contribution in [0.2, 0.25) is 0 Å². The Morgan fingerprint density at radius 2 is 1.93 bits per heavy atom. The molecule has 0 bridgehead atoms. The number of fused-ring (bicyclic) bond motifs is 1. The number of nitrogens with one attached hydrogen (secondary N) is 3. The second kappa shape index (κ2) is 11.5. The summed E-state index contributed by atoms with van der Waals surface area (Å²) in [4.78, 5) is 16.6. The molecule has 2 heterocycles.